The van der Waals surface area contributed by atoms with Crippen LogP contribution in [0.25, 0.3) is 0 Å². The molecule has 0 atom stereocenters. The van der Waals surface area contributed by atoms with Crippen molar-refractivity contribution in [1.29, 1.82) is 0 Å². The predicted molar refractivity (Wildman–Crippen MR) is 79.0 cm³/mol. The molecule has 2 rings (SSSR count). The second kappa shape index (κ2) is 10.1. The molecule has 0 saturated heterocycles. The van der Waals surface area contributed by atoms with Crippen LogP contribution in [0, 0.1) is 0 Å². The van der Waals surface area contributed by atoms with Crippen molar-refractivity contribution in [2.45, 2.75) is 0 Å². The Kier molecular flexibility index (Phi) is 8.88. The van der Waals surface area contributed by atoms with E-state index in [-0.39, 0.29) is 37.6 Å². The van der Waals surface area contributed by atoms with Gasteiger partial charge in [0.15, 0.2) is 0 Å². The van der Waals surface area contributed by atoms with E-state index < -0.39 is 46.1 Å². The van der Waals surface area contributed by atoms with Crippen molar-refractivity contribution in [3.05, 3.63) is 58.7 Å². The first-order valence-electron chi connectivity index (χ1n) is 6.70. The number of carbonyl (C=O) groups is 4. The van der Waals surface area contributed by atoms with Gasteiger partial charge in [0.25, 0.3) is 0 Å². The molecule has 11 heteroatoms. The molecule has 0 aromatic heterocycles. The molecular formula is C16H10N2O8Zr. The van der Waals surface area contributed by atoms with E-state index in [4.69, 9.17) is 11.5 Å². The molecule has 0 saturated carbocycles. The SMILES string of the molecule is Nc1cccc(C(=O)[O-])c1C(=O)[O-].Nc1cccc(C(=O)[O-])c1C(=O)[O-].[Zr+4]. The Morgan fingerprint density at radius 2 is 0.889 bits per heavy atom. The number of carbonyl (C=O) groups excluding carboxylic acids is 4. The Morgan fingerprint density at radius 1 is 0.593 bits per heavy atom. The molecule has 0 aliphatic carbocycles. The first-order valence-corrected chi connectivity index (χ1v) is 6.70. The number of hydrogen-bond donors (Lipinski definition) is 2. The smallest absolute Gasteiger partial charge is 0.545 e. The van der Waals surface area contributed by atoms with Crippen molar-refractivity contribution >= 4 is 35.3 Å². The summed E-state index contributed by atoms with van der Waals surface area (Å²) in [5.74, 6) is -6.44. The predicted octanol–water partition coefficient (Wildman–Crippen LogP) is -4.01. The Bertz CT molecular complexity index is 824. The Labute approximate surface area is 171 Å². The second-order valence-electron chi connectivity index (χ2n) is 4.69. The molecule has 0 aliphatic rings. The van der Waals surface area contributed by atoms with Gasteiger partial charge >= 0.3 is 26.2 Å². The van der Waals surface area contributed by atoms with Gasteiger partial charge in [-0.1, -0.05) is 24.3 Å². The second-order valence-corrected chi connectivity index (χ2v) is 4.69. The third kappa shape index (κ3) is 5.93. The summed E-state index contributed by atoms with van der Waals surface area (Å²) < 4.78 is 0. The fourth-order valence-corrected chi connectivity index (χ4v) is 1.94. The largest absolute Gasteiger partial charge is 4.00 e. The van der Waals surface area contributed by atoms with E-state index in [0.29, 0.717) is 0 Å². The molecule has 4 N–H and O–H groups in total. The van der Waals surface area contributed by atoms with Crippen molar-refractivity contribution in [3.8, 4) is 0 Å². The van der Waals surface area contributed by atoms with Crippen molar-refractivity contribution in [2.75, 3.05) is 11.5 Å². The Balaban J connectivity index is 0.000000483. The van der Waals surface area contributed by atoms with E-state index in [2.05, 4.69) is 0 Å². The van der Waals surface area contributed by atoms with Crippen LogP contribution in [0.5, 0.6) is 0 Å². The van der Waals surface area contributed by atoms with Crippen molar-refractivity contribution in [1.82, 2.24) is 0 Å². The van der Waals surface area contributed by atoms with Crippen LogP contribution in [0.3, 0.4) is 0 Å². The van der Waals surface area contributed by atoms with Gasteiger partial charge in [-0.25, -0.2) is 0 Å². The summed E-state index contributed by atoms with van der Waals surface area (Å²) >= 11 is 0. The number of hydrogen-bond acceptors (Lipinski definition) is 10. The maximum absolute atomic E-state index is 10.5. The maximum atomic E-state index is 10.5. The van der Waals surface area contributed by atoms with E-state index in [1.165, 1.54) is 24.3 Å². The van der Waals surface area contributed by atoms with Crippen molar-refractivity contribution in [3.63, 3.8) is 0 Å². The first-order chi connectivity index (χ1) is 12.1. The van der Waals surface area contributed by atoms with Crippen LogP contribution in [-0.4, -0.2) is 23.9 Å². The number of aromatic carboxylic acids is 4. The number of benzene rings is 2. The number of carboxylic acids is 4. The number of rotatable bonds is 4. The minimum atomic E-state index is -1.63. The molecule has 0 heterocycles. The minimum Gasteiger partial charge on any atom is -0.545 e. The van der Waals surface area contributed by atoms with Crippen LogP contribution in [0.4, 0.5) is 11.4 Å². The maximum Gasteiger partial charge on any atom is 4.00 e. The third-order valence-electron chi connectivity index (χ3n) is 3.04. The molecule has 2 aromatic rings. The zero-order valence-corrected chi connectivity index (χ0v) is 15.8. The van der Waals surface area contributed by atoms with Crippen molar-refractivity contribution < 1.29 is 65.8 Å². The van der Waals surface area contributed by atoms with Gasteiger partial charge in [0.1, 0.15) is 0 Å². The molecule has 0 radical (unpaired) electrons. The monoisotopic (exact) mass is 448 g/mol. The standard InChI is InChI=1S/2C8H7NO4.Zr/c2*9-5-3-1-2-4(7(10)11)6(5)8(12)13;/h2*1-3H,9H2,(H,10,11)(H,12,13);/q;;+4/p-4. The number of nitrogens with two attached hydrogens (primary N) is 2. The number of carboxylic acid groups (broad SMARTS) is 4. The van der Waals surface area contributed by atoms with Gasteiger partial charge in [-0.05, 0) is 12.1 Å². The van der Waals surface area contributed by atoms with Gasteiger partial charge in [-0.15, -0.1) is 0 Å². The van der Waals surface area contributed by atoms with E-state index >= 15 is 0 Å². The number of nitrogen functional groups attached to an aromatic ring is 2. The van der Waals surface area contributed by atoms with Crippen LogP contribution in [0.15, 0.2) is 36.4 Å². The summed E-state index contributed by atoms with van der Waals surface area (Å²) in [4.78, 5) is 41.8. The number of anilines is 2. The van der Waals surface area contributed by atoms with E-state index in [1.54, 1.807) is 0 Å². The van der Waals surface area contributed by atoms with Gasteiger partial charge in [0, 0.05) is 33.6 Å². The van der Waals surface area contributed by atoms with Crippen LogP contribution >= 0.6 is 0 Å². The van der Waals surface area contributed by atoms with Gasteiger partial charge in [-0.3, -0.25) is 0 Å². The van der Waals surface area contributed by atoms with Crippen LogP contribution in [0.1, 0.15) is 41.4 Å². The zero-order chi connectivity index (χ0) is 20.0. The van der Waals surface area contributed by atoms with Gasteiger partial charge < -0.3 is 51.1 Å². The summed E-state index contributed by atoms with van der Waals surface area (Å²) in [6.45, 7) is 0. The Hall–Kier alpha value is -3.20. The van der Waals surface area contributed by atoms with Gasteiger partial charge in [0.05, 0.1) is 23.9 Å². The molecule has 2 aromatic carbocycles. The van der Waals surface area contributed by atoms with E-state index in [1.807, 2.05) is 0 Å². The molecule has 10 nitrogen and oxygen atoms in total. The molecule has 0 amide bonds. The summed E-state index contributed by atoms with van der Waals surface area (Å²) in [5.41, 5.74) is 8.17. The van der Waals surface area contributed by atoms with Crippen LogP contribution < -0.4 is 31.9 Å². The fourth-order valence-electron chi connectivity index (χ4n) is 1.94. The Morgan fingerprint density at radius 3 is 1.07 bits per heavy atom. The summed E-state index contributed by atoms with van der Waals surface area (Å²) in [6, 6.07) is 7.39. The molecule has 0 bridgehead atoms. The normalized spacial score (nSPS) is 9.19. The van der Waals surface area contributed by atoms with Crippen molar-refractivity contribution in [2.24, 2.45) is 0 Å². The zero-order valence-electron chi connectivity index (χ0n) is 13.4. The summed E-state index contributed by atoms with van der Waals surface area (Å²) in [7, 11) is 0. The molecule has 0 fully saturated rings. The minimum absolute atomic E-state index is 0. The average Bonchev–Trinajstić information content (AvgIpc) is 2.54. The van der Waals surface area contributed by atoms with E-state index in [0.717, 1.165) is 12.1 Å². The quantitative estimate of drug-likeness (QED) is 0.431. The average molecular weight is 449 g/mol. The third-order valence-corrected chi connectivity index (χ3v) is 3.04. The fraction of sp³-hybridized carbons (Fsp3) is 0. The molecule has 136 valence electrons. The first kappa shape index (κ1) is 23.8. The van der Waals surface area contributed by atoms with Gasteiger partial charge in [-0.2, -0.15) is 0 Å². The molecule has 0 aliphatic heterocycles. The van der Waals surface area contributed by atoms with Crippen LogP contribution in [0.2, 0.25) is 0 Å². The topological polar surface area (TPSA) is 213 Å². The molecule has 0 spiro atoms. The summed E-state index contributed by atoms with van der Waals surface area (Å²) in [6.07, 6.45) is 0. The van der Waals surface area contributed by atoms with Gasteiger partial charge in [0.2, 0.25) is 0 Å². The van der Waals surface area contributed by atoms with Crippen LogP contribution in [-0.2, 0) is 26.2 Å². The molecule has 27 heavy (non-hydrogen) atoms. The molecular weight excluding hydrogens is 439 g/mol. The van der Waals surface area contributed by atoms with E-state index in [9.17, 15) is 39.6 Å². The molecule has 0 unspecified atom stereocenters. The summed E-state index contributed by atoms with van der Waals surface area (Å²) in [5, 5.41) is 41.8.